The predicted octanol–water partition coefficient (Wildman–Crippen LogP) is 2.63. The number of nitrogens with one attached hydrogen (secondary N) is 1. The topological polar surface area (TPSA) is 47.6 Å². The zero-order valence-electron chi connectivity index (χ0n) is 11.9. The Labute approximate surface area is 123 Å². The van der Waals surface area contributed by atoms with Gasteiger partial charge in [-0.3, -0.25) is 4.79 Å². The zero-order chi connectivity index (χ0) is 14.7. The van der Waals surface area contributed by atoms with Gasteiger partial charge < -0.3 is 14.8 Å². The molecular weight excluding hydrogens is 273 g/mol. The first-order chi connectivity index (χ1) is 10.2. The zero-order valence-corrected chi connectivity index (χ0v) is 11.9. The van der Waals surface area contributed by atoms with E-state index in [2.05, 4.69) is 5.32 Å². The van der Waals surface area contributed by atoms with E-state index in [0.717, 1.165) is 25.7 Å². The largest absolute Gasteiger partial charge is 0.349 e. The van der Waals surface area contributed by atoms with E-state index >= 15 is 0 Å². The number of benzene rings is 1. The highest BCUT2D eigenvalue weighted by Gasteiger charge is 2.42. The number of halogens is 1. The van der Waals surface area contributed by atoms with Gasteiger partial charge in [0.05, 0.1) is 12.2 Å². The smallest absolute Gasteiger partial charge is 0.254 e. The second kappa shape index (κ2) is 6.12. The molecule has 0 bridgehead atoms. The summed E-state index contributed by atoms with van der Waals surface area (Å²) in [7, 11) is 0. The van der Waals surface area contributed by atoms with Crippen molar-refractivity contribution in [3.05, 3.63) is 35.6 Å². The average molecular weight is 293 g/mol. The summed E-state index contributed by atoms with van der Waals surface area (Å²) in [4.78, 5) is 11.9. The van der Waals surface area contributed by atoms with Gasteiger partial charge in [0.25, 0.3) is 5.91 Å². The molecule has 0 radical (unpaired) electrons. The molecule has 21 heavy (non-hydrogen) atoms. The molecule has 0 aromatic heterocycles. The Kier molecular flexibility index (Phi) is 4.22. The van der Waals surface area contributed by atoms with E-state index in [0.29, 0.717) is 13.2 Å². The predicted molar refractivity (Wildman–Crippen MR) is 75.4 cm³/mol. The lowest BCUT2D eigenvalue weighted by Crippen LogP contribution is -2.37. The summed E-state index contributed by atoms with van der Waals surface area (Å²) in [6.07, 6.45) is 5.15. The van der Waals surface area contributed by atoms with Gasteiger partial charge in [-0.05, 0) is 25.0 Å². The first kappa shape index (κ1) is 14.5. The molecule has 1 spiro atoms. The summed E-state index contributed by atoms with van der Waals surface area (Å²) >= 11 is 0. The summed E-state index contributed by atoms with van der Waals surface area (Å²) in [6, 6.07) is 5.96. The molecule has 114 valence electrons. The molecule has 3 rings (SSSR count). The number of amides is 1. The molecule has 1 N–H and O–H groups in total. The molecule has 1 atom stereocenters. The van der Waals surface area contributed by atoms with Crippen molar-refractivity contribution >= 4 is 5.91 Å². The van der Waals surface area contributed by atoms with Crippen LogP contribution in [0.5, 0.6) is 0 Å². The number of carbonyl (C=O) groups excluding carboxylic acids is 1. The SMILES string of the molecule is O=C(NCC1COC2(CCCCC2)O1)c1ccccc1F. The first-order valence-corrected chi connectivity index (χ1v) is 7.53. The van der Waals surface area contributed by atoms with Gasteiger partial charge in [-0.25, -0.2) is 4.39 Å². The van der Waals surface area contributed by atoms with Crippen molar-refractivity contribution in [3.63, 3.8) is 0 Å². The molecule has 1 amide bonds. The third kappa shape index (κ3) is 3.24. The van der Waals surface area contributed by atoms with Crippen molar-refractivity contribution in [2.75, 3.05) is 13.2 Å². The van der Waals surface area contributed by atoms with Crippen LogP contribution in [0.1, 0.15) is 42.5 Å². The molecule has 1 aromatic rings. The number of rotatable bonds is 3. The minimum atomic E-state index is -0.512. The highest BCUT2D eigenvalue weighted by atomic mass is 19.1. The molecule has 2 aliphatic rings. The van der Waals surface area contributed by atoms with Gasteiger partial charge in [0, 0.05) is 19.4 Å². The van der Waals surface area contributed by atoms with Crippen LogP contribution in [-0.4, -0.2) is 30.9 Å². The third-order valence-electron chi connectivity index (χ3n) is 4.14. The summed E-state index contributed by atoms with van der Waals surface area (Å²) in [5, 5.41) is 2.72. The highest BCUT2D eigenvalue weighted by molar-refractivity contribution is 5.94. The monoisotopic (exact) mass is 293 g/mol. The number of carbonyl (C=O) groups is 1. The molecule has 2 fully saturated rings. The Morgan fingerprint density at radius 3 is 2.81 bits per heavy atom. The lowest BCUT2D eigenvalue weighted by molar-refractivity contribution is -0.186. The van der Waals surface area contributed by atoms with Gasteiger partial charge in [-0.15, -0.1) is 0 Å². The fraction of sp³-hybridized carbons (Fsp3) is 0.562. The van der Waals surface area contributed by atoms with Crippen LogP contribution in [-0.2, 0) is 9.47 Å². The summed E-state index contributed by atoms with van der Waals surface area (Å²) in [5.74, 6) is -1.37. The maximum Gasteiger partial charge on any atom is 0.254 e. The molecule has 1 heterocycles. The molecule has 1 aromatic carbocycles. The van der Waals surface area contributed by atoms with Crippen molar-refractivity contribution in [2.24, 2.45) is 0 Å². The van der Waals surface area contributed by atoms with E-state index in [1.807, 2.05) is 0 Å². The van der Waals surface area contributed by atoms with Gasteiger partial charge in [0.2, 0.25) is 0 Å². The minimum Gasteiger partial charge on any atom is -0.349 e. The molecule has 1 saturated carbocycles. The van der Waals surface area contributed by atoms with Crippen LogP contribution in [0, 0.1) is 5.82 Å². The summed E-state index contributed by atoms with van der Waals surface area (Å²) in [6.45, 7) is 0.826. The van der Waals surface area contributed by atoms with Gasteiger partial charge in [0.1, 0.15) is 11.9 Å². The van der Waals surface area contributed by atoms with E-state index in [-0.39, 0.29) is 11.7 Å². The average Bonchev–Trinajstić information content (AvgIpc) is 2.89. The first-order valence-electron chi connectivity index (χ1n) is 7.53. The van der Waals surface area contributed by atoms with Gasteiger partial charge >= 0.3 is 0 Å². The van der Waals surface area contributed by atoms with Gasteiger partial charge in [0.15, 0.2) is 5.79 Å². The van der Waals surface area contributed by atoms with Crippen LogP contribution in [0.2, 0.25) is 0 Å². The van der Waals surface area contributed by atoms with Gasteiger partial charge in [-0.1, -0.05) is 18.6 Å². The second-order valence-electron chi connectivity index (χ2n) is 5.71. The highest BCUT2D eigenvalue weighted by Crippen LogP contribution is 2.37. The number of ether oxygens (including phenoxy) is 2. The summed E-state index contributed by atoms with van der Waals surface area (Å²) < 4.78 is 25.3. The standard InChI is InChI=1S/C16H20FNO3/c17-14-7-3-2-6-13(14)15(19)18-10-12-11-20-16(21-12)8-4-1-5-9-16/h2-3,6-7,12H,1,4-5,8-11H2,(H,18,19). The van der Waals surface area contributed by atoms with Crippen LogP contribution in [0.4, 0.5) is 4.39 Å². The quantitative estimate of drug-likeness (QED) is 0.932. The lowest BCUT2D eigenvalue weighted by Gasteiger charge is -2.31. The Morgan fingerprint density at radius 2 is 2.05 bits per heavy atom. The molecule has 1 aliphatic carbocycles. The van der Waals surface area contributed by atoms with Crippen molar-refractivity contribution < 1.29 is 18.7 Å². The second-order valence-corrected chi connectivity index (χ2v) is 5.71. The van der Waals surface area contributed by atoms with E-state index in [1.165, 1.54) is 18.6 Å². The van der Waals surface area contributed by atoms with E-state index in [9.17, 15) is 9.18 Å². The van der Waals surface area contributed by atoms with Crippen molar-refractivity contribution in [3.8, 4) is 0 Å². The third-order valence-corrected chi connectivity index (χ3v) is 4.14. The molecule has 4 nitrogen and oxygen atoms in total. The maximum absolute atomic E-state index is 13.5. The molecule has 1 aliphatic heterocycles. The fourth-order valence-corrected chi connectivity index (χ4v) is 3.02. The van der Waals surface area contributed by atoms with Crippen LogP contribution in [0.3, 0.4) is 0 Å². The number of hydrogen-bond acceptors (Lipinski definition) is 3. The maximum atomic E-state index is 13.5. The van der Waals surface area contributed by atoms with Crippen molar-refractivity contribution in [1.29, 1.82) is 0 Å². The van der Waals surface area contributed by atoms with E-state index in [1.54, 1.807) is 12.1 Å². The fourth-order valence-electron chi connectivity index (χ4n) is 3.02. The Morgan fingerprint density at radius 1 is 1.29 bits per heavy atom. The molecule has 1 unspecified atom stereocenters. The molecular formula is C16H20FNO3. The summed E-state index contributed by atoms with van der Waals surface area (Å²) in [5.41, 5.74) is 0.0591. The van der Waals surface area contributed by atoms with E-state index < -0.39 is 17.5 Å². The van der Waals surface area contributed by atoms with Crippen LogP contribution >= 0.6 is 0 Å². The van der Waals surface area contributed by atoms with Gasteiger partial charge in [-0.2, -0.15) is 0 Å². The Balaban J connectivity index is 1.52. The van der Waals surface area contributed by atoms with Crippen LogP contribution < -0.4 is 5.32 Å². The molecule has 1 saturated heterocycles. The lowest BCUT2D eigenvalue weighted by atomic mass is 9.94. The normalized spacial score (nSPS) is 24.1. The van der Waals surface area contributed by atoms with Crippen molar-refractivity contribution in [1.82, 2.24) is 5.32 Å². The number of hydrogen-bond donors (Lipinski definition) is 1. The van der Waals surface area contributed by atoms with Crippen LogP contribution in [0.25, 0.3) is 0 Å². The minimum absolute atomic E-state index is 0.0591. The van der Waals surface area contributed by atoms with E-state index in [4.69, 9.17) is 9.47 Å². The Hall–Kier alpha value is -1.46. The van der Waals surface area contributed by atoms with Crippen LogP contribution in [0.15, 0.2) is 24.3 Å². The molecule has 5 heteroatoms. The Bertz CT molecular complexity index is 514. The van der Waals surface area contributed by atoms with Crippen molar-refractivity contribution in [2.45, 2.75) is 44.0 Å².